The van der Waals surface area contributed by atoms with Gasteiger partial charge in [-0.25, -0.2) is 0 Å². The van der Waals surface area contributed by atoms with Crippen molar-refractivity contribution in [2.75, 3.05) is 6.54 Å². The molecule has 0 spiro atoms. The Kier molecular flexibility index (Phi) is 5.85. The van der Waals surface area contributed by atoms with Crippen LogP contribution in [-0.2, 0) is 19.3 Å². The Bertz CT molecular complexity index is 383. The highest BCUT2D eigenvalue weighted by Crippen LogP contribution is 2.32. The van der Waals surface area contributed by atoms with E-state index in [1.54, 1.807) is 0 Å². The second-order valence-electron chi connectivity index (χ2n) is 5.10. The Hall–Kier alpha value is -1.04. The van der Waals surface area contributed by atoms with Gasteiger partial charge in [-0.3, -0.25) is 4.68 Å². The van der Waals surface area contributed by atoms with E-state index in [0.29, 0.717) is 25.4 Å². The van der Waals surface area contributed by atoms with E-state index in [9.17, 15) is 13.2 Å². The lowest BCUT2D eigenvalue weighted by Crippen LogP contribution is -2.21. The van der Waals surface area contributed by atoms with E-state index in [-0.39, 0.29) is 12.1 Å². The lowest BCUT2D eigenvalue weighted by molar-refractivity contribution is -0.145. The smallest absolute Gasteiger partial charge is 0.313 e. The Morgan fingerprint density at radius 1 is 1.37 bits per heavy atom. The fraction of sp³-hybridized carbons (Fsp3) is 0.769. The van der Waals surface area contributed by atoms with E-state index in [0.717, 1.165) is 11.1 Å². The summed E-state index contributed by atoms with van der Waals surface area (Å²) in [4.78, 5) is 0. The molecule has 0 aromatic carbocycles. The van der Waals surface area contributed by atoms with Crippen molar-refractivity contribution in [2.24, 2.45) is 5.92 Å². The SMILES string of the molecule is CCCNCc1cnn(CCC(C)C)c1C(F)(F)F. The first-order valence-electron chi connectivity index (χ1n) is 6.68. The molecule has 0 atom stereocenters. The molecule has 0 fully saturated rings. The molecule has 0 aliphatic carbocycles. The molecule has 0 saturated carbocycles. The van der Waals surface area contributed by atoms with Crippen LogP contribution in [-0.4, -0.2) is 16.3 Å². The quantitative estimate of drug-likeness (QED) is 0.774. The van der Waals surface area contributed by atoms with Gasteiger partial charge in [-0.05, 0) is 25.3 Å². The molecule has 6 heteroatoms. The molecule has 1 N–H and O–H groups in total. The summed E-state index contributed by atoms with van der Waals surface area (Å²) < 4.78 is 40.3. The summed E-state index contributed by atoms with van der Waals surface area (Å²) in [5.74, 6) is 0.354. The van der Waals surface area contributed by atoms with Crippen LogP contribution in [0.2, 0.25) is 0 Å². The largest absolute Gasteiger partial charge is 0.433 e. The second-order valence-corrected chi connectivity index (χ2v) is 5.10. The zero-order valence-electron chi connectivity index (χ0n) is 11.7. The summed E-state index contributed by atoms with van der Waals surface area (Å²) in [6.45, 7) is 7.17. The Morgan fingerprint density at radius 3 is 2.58 bits per heavy atom. The minimum Gasteiger partial charge on any atom is -0.313 e. The minimum atomic E-state index is -4.35. The van der Waals surface area contributed by atoms with Crippen LogP contribution in [0, 0.1) is 5.92 Å². The van der Waals surface area contributed by atoms with Crippen molar-refractivity contribution in [3.63, 3.8) is 0 Å². The normalized spacial score (nSPS) is 12.4. The van der Waals surface area contributed by atoms with E-state index in [2.05, 4.69) is 10.4 Å². The van der Waals surface area contributed by atoms with Gasteiger partial charge in [-0.1, -0.05) is 20.8 Å². The molecule has 0 aliphatic heterocycles. The highest BCUT2D eigenvalue weighted by atomic mass is 19.4. The predicted octanol–water partition coefficient (Wildman–Crippen LogP) is 3.45. The lowest BCUT2D eigenvalue weighted by atomic mass is 10.1. The summed E-state index contributed by atoms with van der Waals surface area (Å²) in [5, 5.41) is 6.88. The molecule has 0 saturated heterocycles. The van der Waals surface area contributed by atoms with Gasteiger partial charge in [-0.15, -0.1) is 0 Å². The lowest BCUT2D eigenvalue weighted by Gasteiger charge is -2.14. The molecule has 0 radical (unpaired) electrons. The molecular weight excluding hydrogens is 255 g/mol. The van der Waals surface area contributed by atoms with Gasteiger partial charge in [0.25, 0.3) is 0 Å². The van der Waals surface area contributed by atoms with Gasteiger partial charge in [0.15, 0.2) is 0 Å². The first kappa shape index (κ1) is 16.0. The fourth-order valence-corrected chi connectivity index (χ4v) is 1.83. The molecule has 19 heavy (non-hydrogen) atoms. The second kappa shape index (κ2) is 6.93. The van der Waals surface area contributed by atoms with E-state index in [1.807, 2.05) is 20.8 Å². The molecule has 110 valence electrons. The Labute approximate surface area is 112 Å². The van der Waals surface area contributed by atoms with Crippen molar-refractivity contribution in [2.45, 2.75) is 52.9 Å². The summed E-state index contributed by atoms with van der Waals surface area (Å²) >= 11 is 0. The van der Waals surface area contributed by atoms with Crippen LogP contribution in [0.3, 0.4) is 0 Å². The van der Waals surface area contributed by atoms with Crippen LogP contribution in [0.4, 0.5) is 13.2 Å². The average molecular weight is 277 g/mol. The topological polar surface area (TPSA) is 29.9 Å². The van der Waals surface area contributed by atoms with E-state index in [1.165, 1.54) is 6.20 Å². The van der Waals surface area contributed by atoms with Crippen LogP contribution < -0.4 is 5.32 Å². The number of hydrogen-bond donors (Lipinski definition) is 1. The third kappa shape index (κ3) is 4.86. The fourth-order valence-electron chi connectivity index (χ4n) is 1.83. The zero-order chi connectivity index (χ0) is 14.5. The molecule has 3 nitrogen and oxygen atoms in total. The molecule has 1 rings (SSSR count). The van der Waals surface area contributed by atoms with Gasteiger partial charge < -0.3 is 5.32 Å². The maximum Gasteiger partial charge on any atom is 0.433 e. The summed E-state index contributed by atoms with van der Waals surface area (Å²) in [6, 6.07) is 0. The number of nitrogens with one attached hydrogen (secondary N) is 1. The Balaban J connectivity index is 2.86. The van der Waals surface area contributed by atoms with Crippen molar-refractivity contribution in [1.82, 2.24) is 15.1 Å². The maximum atomic E-state index is 13.1. The monoisotopic (exact) mass is 277 g/mol. The molecule has 0 unspecified atom stereocenters. The van der Waals surface area contributed by atoms with Crippen LogP contribution >= 0.6 is 0 Å². The number of aryl methyl sites for hydroxylation is 1. The van der Waals surface area contributed by atoms with Crippen LogP contribution in [0.15, 0.2) is 6.20 Å². The maximum absolute atomic E-state index is 13.1. The number of alkyl halides is 3. The summed E-state index contributed by atoms with van der Waals surface area (Å²) in [6.07, 6.45) is -1.45. The van der Waals surface area contributed by atoms with Gasteiger partial charge in [0.2, 0.25) is 0 Å². The van der Waals surface area contributed by atoms with Gasteiger partial charge in [0, 0.05) is 18.7 Å². The van der Waals surface area contributed by atoms with Gasteiger partial charge >= 0.3 is 6.18 Å². The molecule has 0 bridgehead atoms. The molecule has 1 aromatic rings. The van der Waals surface area contributed by atoms with Crippen molar-refractivity contribution in [3.05, 3.63) is 17.5 Å². The van der Waals surface area contributed by atoms with E-state index in [4.69, 9.17) is 0 Å². The number of nitrogens with zero attached hydrogens (tertiary/aromatic N) is 2. The first-order chi connectivity index (χ1) is 8.86. The summed E-state index contributed by atoms with van der Waals surface area (Å²) in [5.41, 5.74) is -0.388. The highest BCUT2D eigenvalue weighted by molar-refractivity contribution is 5.20. The van der Waals surface area contributed by atoms with Gasteiger partial charge in [0.05, 0.1) is 6.20 Å². The van der Waals surface area contributed by atoms with Crippen LogP contribution in [0.5, 0.6) is 0 Å². The predicted molar refractivity (Wildman–Crippen MR) is 68.7 cm³/mol. The van der Waals surface area contributed by atoms with Crippen molar-refractivity contribution >= 4 is 0 Å². The first-order valence-corrected chi connectivity index (χ1v) is 6.68. The van der Waals surface area contributed by atoms with Crippen molar-refractivity contribution in [3.8, 4) is 0 Å². The third-order valence-corrected chi connectivity index (χ3v) is 2.84. The van der Waals surface area contributed by atoms with E-state index >= 15 is 0 Å². The number of halogens is 3. The molecule has 1 heterocycles. The van der Waals surface area contributed by atoms with E-state index < -0.39 is 11.9 Å². The number of rotatable bonds is 7. The average Bonchev–Trinajstić information content (AvgIpc) is 2.69. The van der Waals surface area contributed by atoms with Crippen molar-refractivity contribution < 1.29 is 13.2 Å². The number of hydrogen-bond acceptors (Lipinski definition) is 2. The molecule has 0 amide bonds. The third-order valence-electron chi connectivity index (χ3n) is 2.84. The van der Waals surface area contributed by atoms with Crippen LogP contribution in [0.25, 0.3) is 0 Å². The van der Waals surface area contributed by atoms with Crippen molar-refractivity contribution in [1.29, 1.82) is 0 Å². The van der Waals surface area contributed by atoms with Gasteiger partial charge in [-0.2, -0.15) is 18.3 Å². The van der Waals surface area contributed by atoms with Crippen LogP contribution in [0.1, 0.15) is 44.9 Å². The summed E-state index contributed by atoms with van der Waals surface area (Å²) in [7, 11) is 0. The standard InChI is InChI=1S/C13H22F3N3/c1-4-6-17-8-11-9-18-19(7-5-10(2)3)12(11)13(14,15)16/h9-10,17H,4-8H2,1-3H3. The zero-order valence-corrected chi connectivity index (χ0v) is 11.7. The molecular formula is C13H22F3N3. The number of aromatic nitrogens is 2. The minimum absolute atomic E-state index is 0.213. The Morgan fingerprint density at radius 2 is 2.05 bits per heavy atom. The molecule has 1 aromatic heterocycles. The molecule has 0 aliphatic rings. The van der Waals surface area contributed by atoms with Gasteiger partial charge in [0.1, 0.15) is 5.69 Å². The highest BCUT2D eigenvalue weighted by Gasteiger charge is 2.37.